The Hall–Kier alpha value is -2.62. The third kappa shape index (κ3) is 4.95. The largest absolute Gasteiger partial charge is 0.374 e. The second-order valence-electron chi connectivity index (χ2n) is 5.94. The molecule has 4 heteroatoms. The van der Waals surface area contributed by atoms with Crippen LogP contribution >= 0.6 is 0 Å². The van der Waals surface area contributed by atoms with Gasteiger partial charge in [0.1, 0.15) is 6.04 Å². The lowest BCUT2D eigenvalue weighted by Gasteiger charge is -2.16. The molecule has 4 nitrogen and oxygen atoms in total. The van der Waals surface area contributed by atoms with Crippen molar-refractivity contribution in [2.24, 2.45) is 0 Å². The maximum atomic E-state index is 12.3. The van der Waals surface area contributed by atoms with E-state index >= 15 is 0 Å². The number of anilines is 2. The van der Waals surface area contributed by atoms with Gasteiger partial charge in [0.05, 0.1) is 0 Å². The first-order chi connectivity index (χ1) is 11.5. The summed E-state index contributed by atoms with van der Waals surface area (Å²) >= 11 is 0. The summed E-state index contributed by atoms with van der Waals surface area (Å²) in [6.45, 7) is 5.47. The lowest BCUT2D eigenvalue weighted by Crippen LogP contribution is -2.31. The fourth-order valence-electron chi connectivity index (χ4n) is 2.44. The zero-order valence-electron chi connectivity index (χ0n) is 14.4. The molecule has 0 aliphatic heterocycles. The number of rotatable bonds is 7. The minimum absolute atomic E-state index is 0.0237. The minimum atomic E-state index is -0.386. The minimum Gasteiger partial charge on any atom is -0.374 e. The molecule has 0 saturated heterocycles. The van der Waals surface area contributed by atoms with Crippen molar-refractivity contribution in [1.82, 2.24) is 0 Å². The van der Waals surface area contributed by atoms with Gasteiger partial charge < -0.3 is 10.6 Å². The Bertz CT molecular complexity index is 708. The Morgan fingerprint density at radius 2 is 1.75 bits per heavy atom. The maximum absolute atomic E-state index is 12.3. The number of amides is 1. The van der Waals surface area contributed by atoms with E-state index in [0.717, 1.165) is 18.5 Å². The molecule has 0 aromatic heterocycles. The molecule has 0 saturated carbocycles. The Kier molecular flexibility index (Phi) is 6.13. The number of Topliss-reactive ketones (excluding diaryl/α,β-unsaturated/α-hetero) is 1. The van der Waals surface area contributed by atoms with Crippen molar-refractivity contribution in [2.75, 3.05) is 10.6 Å². The van der Waals surface area contributed by atoms with Gasteiger partial charge in [0.25, 0.3) is 0 Å². The molecule has 0 radical (unpaired) electrons. The fraction of sp³-hybridized carbons (Fsp3) is 0.300. The van der Waals surface area contributed by atoms with Crippen LogP contribution < -0.4 is 10.6 Å². The molecule has 2 aromatic carbocycles. The van der Waals surface area contributed by atoms with Gasteiger partial charge in [0.15, 0.2) is 5.78 Å². The van der Waals surface area contributed by atoms with Crippen molar-refractivity contribution in [3.63, 3.8) is 0 Å². The van der Waals surface area contributed by atoms with E-state index < -0.39 is 0 Å². The Morgan fingerprint density at radius 1 is 1.04 bits per heavy atom. The first-order valence-electron chi connectivity index (χ1n) is 8.27. The van der Waals surface area contributed by atoms with Crippen molar-refractivity contribution in [3.05, 3.63) is 59.7 Å². The standard InChI is InChI=1S/C20H24N2O2/c1-4-6-16-9-11-18(12-10-16)21-14(2)20(24)22-19-8-5-7-17(13-19)15(3)23/h5,7-14,21H,4,6H2,1-3H3,(H,22,24). The molecule has 1 atom stereocenters. The van der Waals surface area contributed by atoms with E-state index in [4.69, 9.17) is 0 Å². The smallest absolute Gasteiger partial charge is 0.246 e. The van der Waals surface area contributed by atoms with Crippen molar-refractivity contribution >= 4 is 23.1 Å². The molecule has 0 aliphatic rings. The van der Waals surface area contributed by atoms with E-state index in [0.29, 0.717) is 11.3 Å². The summed E-state index contributed by atoms with van der Waals surface area (Å²) in [5, 5.41) is 6.02. The third-order valence-corrected chi connectivity index (χ3v) is 3.81. The van der Waals surface area contributed by atoms with Crippen molar-refractivity contribution < 1.29 is 9.59 Å². The molecule has 0 bridgehead atoms. The summed E-state index contributed by atoms with van der Waals surface area (Å²) in [6, 6.07) is 14.7. The van der Waals surface area contributed by atoms with Gasteiger partial charge in [-0.15, -0.1) is 0 Å². The molecule has 0 spiro atoms. The SMILES string of the molecule is CCCc1ccc(NC(C)C(=O)Nc2cccc(C(C)=O)c2)cc1. The van der Waals surface area contributed by atoms with Crippen LogP contribution in [0.15, 0.2) is 48.5 Å². The molecule has 0 aliphatic carbocycles. The van der Waals surface area contributed by atoms with Crippen LogP contribution in [0.3, 0.4) is 0 Å². The highest BCUT2D eigenvalue weighted by molar-refractivity contribution is 5.99. The Balaban J connectivity index is 1.96. The number of nitrogens with one attached hydrogen (secondary N) is 2. The van der Waals surface area contributed by atoms with E-state index in [1.807, 2.05) is 19.1 Å². The van der Waals surface area contributed by atoms with Crippen LogP contribution in [0.4, 0.5) is 11.4 Å². The molecule has 0 fully saturated rings. The van der Waals surface area contributed by atoms with Crippen LogP contribution in [-0.2, 0) is 11.2 Å². The van der Waals surface area contributed by atoms with Gasteiger partial charge in [-0.1, -0.05) is 37.6 Å². The average Bonchev–Trinajstić information content (AvgIpc) is 2.57. The number of hydrogen-bond donors (Lipinski definition) is 2. The monoisotopic (exact) mass is 324 g/mol. The first-order valence-corrected chi connectivity index (χ1v) is 8.27. The quantitative estimate of drug-likeness (QED) is 0.747. The van der Waals surface area contributed by atoms with E-state index in [9.17, 15) is 9.59 Å². The number of hydrogen-bond acceptors (Lipinski definition) is 3. The second-order valence-corrected chi connectivity index (χ2v) is 5.94. The molecule has 1 amide bonds. The third-order valence-electron chi connectivity index (χ3n) is 3.81. The molecule has 1 unspecified atom stereocenters. The zero-order valence-corrected chi connectivity index (χ0v) is 14.4. The van der Waals surface area contributed by atoms with Gasteiger partial charge in [-0.3, -0.25) is 9.59 Å². The number of benzene rings is 2. The molecule has 2 rings (SSSR count). The Morgan fingerprint density at radius 3 is 2.38 bits per heavy atom. The van der Waals surface area contributed by atoms with Crippen LogP contribution in [0.1, 0.15) is 43.1 Å². The highest BCUT2D eigenvalue weighted by atomic mass is 16.2. The highest BCUT2D eigenvalue weighted by Gasteiger charge is 2.13. The van der Waals surface area contributed by atoms with Crippen LogP contribution in [0.25, 0.3) is 0 Å². The van der Waals surface area contributed by atoms with E-state index in [2.05, 4.69) is 29.7 Å². The summed E-state index contributed by atoms with van der Waals surface area (Å²) < 4.78 is 0. The molecule has 24 heavy (non-hydrogen) atoms. The zero-order chi connectivity index (χ0) is 17.5. The number of carbonyl (C=O) groups excluding carboxylic acids is 2. The summed E-state index contributed by atoms with van der Waals surface area (Å²) in [7, 11) is 0. The van der Waals surface area contributed by atoms with Crippen LogP contribution in [0, 0.1) is 0 Å². The van der Waals surface area contributed by atoms with Gasteiger partial charge >= 0.3 is 0 Å². The summed E-state index contributed by atoms with van der Waals surface area (Å²) in [5.74, 6) is -0.169. The van der Waals surface area contributed by atoms with E-state index in [1.54, 1.807) is 24.3 Å². The van der Waals surface area contributed by atoms with Crippen molar-refractivity contribution in [1.29, 1.82) is 0 Å². The predicted molar refractivity (Wildman–Crippen MR) is 98.6 cm³/mol. The summed E-state index contributed by atoms with van der Waals surface area (Å²) in [6.07, 6.45) is 2.17. The molecule has 2 N–H and O–H groups in total. The average molecular weight is 324 g/mol. The first kappa shape index (κ1) is 17.7. The molecule has 2 aromatic rings. The lowest BCUT2D eigenvalue weighted by atomic mass is 10.1. The number of ketones is 1. The topological polar surface area (TPSA) is 58.2 Å². The lowest BCUT2D eigenvalue weighted by molar-refractivity contribution is -0.116. The molecule has 0 heterocycles. The van der Waals surface area contributed by atoms with Gasteiger partial charge in [-0.2, -0.15) is 0 Å². The second kappa shape index (κ2) is 8.29. The summed E-state index contributed by atoms with van der Waals surface area (Å²) in [4.78, 5) is 23.7. The fourth-order valence-corrected chi connectivity index (χ4v) is 2.44. The molecular formula is C20H24N2O2. The van der Waals surface area contributed by atoms with Gasteiger partial charge in [-0.25, -0.2) is 0 Å². The number of carbonyl (C=O) groups is 2. The van der Waals surface area contributed by atoms with Crippen LogP contribution in [0.5, 0.6) is 0 Å². The van der Waals surface area contributed by atoms with Gasteiger partial charge in [0, 0.05) is 16.9 Å². The van der Waals surface area contributed by atoms with Crippen LogP contribution in [0.2, 0.25) is 0 Å². The van der Waals surface area contributed by atoms with Crippen molar-refractivity contribution in [3.8, 4) is 0 Å². The van der Waals surface area contributed by atoms with E-state index in [-0.39, 0.29) is 17.7 Å². The maximum Gasteiger partial charge on any atom is 0.246 e. The van der Waals surface area contributed by atoms with Gasteiger partial charge in [0.2, 0.25) is 5.91 Å². The van der Waals surface area contributed by atoms with Crippen LogP contribution in [-0.4, -0.2) is 17.7 Å². The Labute approximate surface area is 143 Å². The number of aryl methyl sites for hydroxylation is 1. The molecular weight excluding hydrogens is 300 g/mol. The van der Waals surface area contributed by atoms with Crippen molar-refractivity contribution in [2.45, 2.75) is 39.7 Å². The molecule has 126 valence electrons. The predicted octanol–water partition coefficient (Wildman–Crippen LogP) is 4.28. The summed E-state index contributed by atoms with van der Waals surface area (Å²) in [5.41, 5.74) is 3.41. The highest BCUT2D eigenvalue weighted by Crippen LogP contribution is 2.14. The van der Waals surface area contributed by atoms with E-state index in [1.165, 1.54) is 12.5 Å². The normalized spacial score (nSPS) is 11.6. The van der Waals surface area contributed by atoms with Gasteiger partial charge in [-0.05, 0) is 50.1 Å².